The summed E-state index contributed by atoms with van der Waals surface area (Å²) in [5, 5.41) is 9.65. The summed E-state index contributed by atoms with van der Waals surface area (Å²) in [5.74, 6) is -0.245. The Kier molecular flexibility index (Phi) is 6.35. The van der Waals surface area contributed by atoms with Gasteiger partial charge in [-0.1, -0.05) is 24.3 Å². The molecule has 0 bridgehead atoms. The van der Waals surface area contributed by atoms with E-state index in [1.165, 1.54) is 16.6 Å². The van der Waals surface area contributed by atoms with Crippen LogP contribution in [0.4, 0.5) is 0 Å². The maximum absolute atomic E-state index is 12.5. The van der Waals surface area contributed by atoms with Gasteiger partial charge in [-0.3, -0.25) is 4.79 Å². The summed E-state index contributed by atoms with van der Waals surface area (Å²) in [7, 11) is -3.25. The van der Waals surface area contributed by atoms with Crippen LogP contribution in [0.2, 0.25) is 0 Å². The first-order valence-electron chi connectivity index (χ1n) is 10.0. The van der Waals surface area contributed by atoms with Crippen LogP contribution < -0.4 is 5.32 Å². The third kappa shape index (κ3) is 5.30. The van der Waals surface area contributed by atoms with Crippen molar-refractivity contribution in [3.05, 3.63) is 65.7 Å². The van der Waals surface area contributed by atoms with Crippen molar-refractivity contribution in [2.75, 3.05) is 19.3 Å². The molecule has 1 aliphatic heterocycles. The molecule has 9 heteroatoms. The Morgan fingerprint density at radius 3 is 2.74 bits per heavy atom. The second-order valence-corrected chi connectivity index (χ2v) is 10.4. The fourth-order valence-electron chi connectivity index (χ4n) is 3.60. The minimum Gasteiger partial charge on any atom is -0.348 e. The number of carbonyl (C=O) groups is 1. The van der Waals surface area contributed by atoms with Gasteiger partial charge < -0.3 is 5.32 Å². The van der Waals surface area contributed by atoms with E-state index in [4.69, 9.17) is 5.10 Å². The molecular weight excluding hydrogens is 432 g/mol. The van der Waals surface area contributed by atoms with Crippen LogP contribution in [0, 0.1) is 0 Å². The van der Waals surface area contributed by atoms with E-state index in [-0.39, 0.29) is 11.9 Å². The van der Waals surface area contributed by atoms with Crippen molar-refractivity contribution in [3.63, 3.8) is 0 Å². The standard InChI is InChI=1S/C22H24N4O3S2/c1-31(28,29)25-13-5-7-18(16-25)23-21(27)12-11-17-15-26(19-8-3-2-4-9-19)24-22(17)20-10-6-14-30-20/h2-4,6,8-12,14-15,18H,5,7,13,16H2,1H3,(H,23,27)/b12-11+. The first-order chi connectivity index (χ1) is 14.9. The largest absolute Gasteiger partial charge is 0.348 e. The molecule has 0 radical (unpaired) electrons. The highest BCUT2D eigenvalue weighted by atomic mass is 32.2. The number of carbonyl (C=O) groups excluding carboxylic acids is 1. The number of amides is 1. The molecule has 1 aromatic carbocycles. The number of benzene rings is 1. The Morgan fingerprint density at radius 1 is 1.23 bits per heavy atom. The normalized spacial score (nSPS) is 17.8. The first-order valence-corrected chi connectivity index (χ1v) is 12.8. The van der Waals surface area contributed by atoms with Gasteiger partial charge in [0.15, 0.2) is 0 Å². The summed E-state index contributed by atoms with van der Waals surface area (Å²) >= 11 is 1.59. The van der Waals surface area contributed by atoms with Crippen molar-refractivity contribution < 1.29 is 13.2 Å². The molecule has 1 amide bonds. The van der Waals surface area contributed by atoms with Gasteiger partial charge in [-0.2, -0.15) is 5.10 Å². The zero-order valence-electron chi connectivity index (χ0n) is 17.1. The lowest BCUT2D eigenvalue weighted by Gasteiger charge is -2.31. The molecule has 0 spiro atoms. The van der Waals surface area contributed by atoms with Crippen LogP contribution in [0.5, 0.6) is 0 Å². The molecule has 162 valence electrons. The molecule has 1 atom stereocenters. The molecule has 3 heterocycles. The van der Waals surface area contributed by atoms with Gasteiger partial charge in [-0.05, 0) is 42.5 Å². The summed E-state index contributed by atoms with van der Waals surface area (Å²) in [5.41, 5.74) is 2.58. The molecular formula is C22H24N4O3S2. The van der Waals surface area contributed by atoms with Crippen LogP contribution >= 0.6 is 11.3 Å². The van der Waals surface area contributed by atoms with Gasteiger partial charge in [0.05, 0.1) is 16.8 Å². The van der Waals surface area contributed by atoms with Crippen molar-refractivity contribution in [2.24, 2.45) is 0 Å². The van der Waals surface area contributed by atoms with Gasteiger partial charge in [0.2, 0.25) is 15.9 Å². The van der Waals surface area contributed by atoms with E-state index in [1.807, 2.05) is 54.0 Å². The lowest BCUT2D eigenvalue weighted by atomic mass is 10.1. The Morgan fingerprint density at radius 2 is 2.03 bits per heavy atom. The number of thiophene rings is 1. The van der Waals surface area contributed by atoms with Crippen molar-refractivity contribution in [2.45, 2.75) is 18.9 Å². The number of piperidine rings is 1. The van der Waals surface area contributed by atoms with E-state index in [9.17, 15) is 13.2 Å². The lowest BCUT2D eigenvalue weighted by Crippen LogP contribution is -2.48. The van der Waals surface area contributed by atoms with Crippen LogP contribution in [0.1, 0.15) is 18.4 Å². The Bertz CT molecular complexity index is 1170. The van der Waals surface area contributed by atoms with Crippen molar-refractivity contribution in [1.82, 2.24) is 19.4 Å². The molecule has 1 unspecified atom stereocenters. The molecule has 2 aromatic heterocycles. The zero-order chi connectivity index (χ0) is 21.8. The van der Waals surface area contributed by atoms with Crippen LogP contribution in [0.3, 0.4) is 0 Å². The van der Waals surface area contributed by atoms with Crippen LogP contribution in [0.15, 0.2) is 60.1 Å². The third-order valence-electron chi connectivity index (χ3n) is 5.13. The summed E-state index contributed by atoms with van der Waals surface area (Å²) in [6.45, 7) is 0.814. The molecule has 31 heavy (non-hydrogen) atoms. The SMILES string of the molecule is CS(=O)(=O)N1CCCC(NC(=O)/C=C/c2cn(-c3ccccc3)nc2-c2cccs2)C1. The van der Waals surface area contributed by atoms with E-state index in [0.29, 0.717) is 13.1 Å². The summed E-state index contributed by atoms with van der Waals surface area (Å²) in [4.78, 5) is 13.5. The van der Waals surface area contributed by atoms with Gasteiger partial charge in [-0.25, -0.2) is 17.4 Å². The van der Waals surface area contributed by atoms with Crippen LogP contribution in [0.25, 0.3) is 22.3 Å². The van der Waals surface area contributed by atoms with Gasteiger partial charge in [0, 0.05) is 37.0 Å². The van der Waals surface area contributed by atoms with E-state index in [2.05, 4.69) is 5.32 Å². The number of para-hydroxylation sites is 1. The van der Waals surface area contributed by atoms with Crippen molar-refractivity contribution in [1.29, 1.82) is 0 Å². The molecule has 1 aliphatic rings. The second kappa shape index (κ2) is 9.17. The fourth-order valence-corrected chi connectivity index (χ4v) is 5.25. The van der Waals surface area contributed by atoms with E-state index < -0.39 is 10.0 Å². The predicted molar refractivity (Wildman–Crippen MR) is 123 cm³/mol. The molecule has 0 aliphatic carbocycles. The monoisotopic (exact) mass is 456 g/mol. The van der Waals surface area contributed by atoms with Gasteiger partial charge >= 0.3 is 0 Å². The Balaban J connectivity index is 1.51. The molecule has 4 rings (SSSR count). The lowest BCUT2D eigenvalue weighted by molar-refractivity contribution is -0.117. The average Bonchev–Trinajstić information content (AvgIpc) is 3.42. The zero-order valence-corrected chi connectivity index (χ0v) is 18.8. The smallest absolute Gasteiger partial charge is 0.244 e. The molecule has 1 saturated heterocycles. The van der Waals surface area contributed by atoms with E-state index in [1.54, 1.807) is 22.1 Å². The topological polar surface area (TPSA) is 84.3 Å². The maximum atomic E-state index is 12.5. The highest BCUT2D eigenvalue weighted by Gasteiger charge is 2.26. The van der Waals surface area contributed by atoms with Crippen LogP contribution in [-0.4, -0.2) is 53.8 Å². The van der Waals surface area contributed by atoms with Crippen molar-refractivity contribution >= 4 is 33.3 Å². The fraction of sp³-hybridized carbons (Fsp3) is 0.273. The van der Waals surface area contributed by atoms with E-state index in [0.717, 1.165) is 34.7 Å². The number of aromatic nitrogens is 2. The number of hydrogen-bond donors (Lipinski definition) is 1. The third-order valence-corrected chi connectivity index (χ3v) is 7.28. The minimum absolute atomic E-state index is 0.190. The average molecular weight is 457 g/mol. The molecule has 0 saturated carbocycles. The van der Waals surface area contributed by atoms with Crippen molar-refractivity contribution in [3.8, 4) is 16.3 Å². The quantitative estimate of drug-likeness (QED) is 0.578. The van der Waals surface area contributed by atoms with Gasteiger partial charge in [0.1, 0.15) is 5.69 Å². The highest BCUT2D eigenvalue weighted by molar-refractivity contribution is 7.88. The second-order valence-electron chi connectivity index (χ2n) is 7.49. The predicted octanol–water partition coefficient (Wildman–Crippen LogP) is 3.15. The molecule has 3 aromatic rings. The molecule has 1 N–H and O–H groups in total. The number of sulfonamides is 1. The Labute approximate surface area is 186 Å². The number of rotatable bonds is 6. The number of nitrogens with one attached hydrogen (secondary N) is 1. The minimum atomic E-state index is -3.25. The summed E-state index contributed by atoms with van der Waals surface area (Å²) in [6.07, 6.45) is 7.84. The summed E-state index contributed by atoms with van der Waals surface area (Å²) < 4.78 is 26.8. The van der Waals surface area contributed by atoms with Gasteiger partial charge in [0.25, 0.3) is 0 Å². The van der Waals surface area contributed by atoms with E-state index >= 15 is 0 Å². The maximum Gasteiger partial charge on any atom is 0.244 e. The first kappa shape index (κ1) is 21.5. The van der Waals surface area contributed by atoms with Gasteiger partial charge in [-0.15, -0.1) is 11.3 Å². The highest BCUT2D eigenvalue weighted by Crippen LogP contribution is 2.28. The number of nitrogens with zero attached hydrogens (tertiary/aromatic N) is 3. The molecule has 7 nitrogen and oxygen atoms in total. The Hall–Kier alpha value is -2.75. The molecule has 1 fully saturated rings. The number of hydrogen-bond acceptors (Lipinski definition) is 5. The van der Waals surface area contributed by atoms with Crippen LogP contribution in [-0.2, 0) is 14.8 Å². The summed E-state index contributed by atoms with van der Waals surface area (Å²) in [6, 6.07) is 13.6.